The van der Waals surface area contributed by atoms with Crippen LogP contribution in [0.1, 0.15) is 57.3 Å². The third-order valence-corrected chi connectivity index (χ3v) is 6.81. The van der Waals surface area contributed by atoms with Gasteiger partial charge in [0.2, 0.25) is 0 Å². The fourth-order valence-corrected chi connectivity index (χ4v) is 4.90. The average Bonchev–Trinajstić information content (AvgIpc) is 3.57. The highest BCUT2D eigenvalue weighted by Crippen LogP contribution is 2.26. The molecule has 1 fully saturated rings. The molecule has 3 aromatic rings. The highest BCUT2D eigenvalue weighted by Gasteiger charge is 2.30. The molecule has 9 heteroatoms. The molecule has 0 radical (unpaired) electrons. The van der Waals surface area contributed by atoms with Crippen molar-refractivity contribution in [2.24, 2.45) is 0 Å². The van der Waals surface area contributed by atoms with Crippen LogP contribution in [0.3, 0.4) is 0 Å². The van der Waals surface area contributed by atoms with Crippen molar-refractivity contribution in [3.05, 3.63) is 87.1 Å². The molecule has 0 saturated carbocycles. The standard InChI is InChI=1S/C27H29N5O4/c1-2-32-25(33)10-9-23(30-32)27(35)31-14-12-20(17-31)36-24-16-28-13-11-19(24)15-29-26(34)22-8-4-6-18-5-3-7-21(18)22/h4,6,8-11,13,16,20H,2-3,5,7,12,14-15,17H2,1H3,(H,29,34)/t20-/m0/s1. The zero-order chi connectivity index (χ0) is 25.1. The van der Waals surface area contributed by atoms with Gasteiger partial charge in [0.1, 0.15) is 17.5 Å². The van der Waals surface area contributed by atoms with Gasteiger partial charge in [-0.25, -0.2) is 4.68 Å². The van der Waals surface area contributed by atoms with E-state index < -0.39 is 0 Å². The largest absolute Gasteiger partial charge is 0.487 e. The molecule has 36 heavy (non-hydrogen) atoms. The molecular weight excluding hydrogens is 458 g/mol. The summed E-state index contributed by atoms with van der Waals surface area (Å²) in [5.74, 6) is 0.278. The van der Waals surface area contributed by atoms with Crippen LogP contribution in [0.25, 0.3) is 0 Å². The van der Waals surface area contributed by atoms with Crippen LogP contribution in [0.5, 0.6) is 5.75 Å². The average molecular weight is 488 g/mol. The molecule has 2 amide bonds. The van der Waals surface area contributed by atoms with E-state index >= 15 is 0 Å². The molecule has 1 atom stereocenters. The quantitative estimate of drug-likeness (QED) is 0.549. The number of amides is 2. The van der Waals surface area contributed by atoms with Crippen molar-refractivity contribution in [1.82, 2.24) is 25.0 Å². The van der Waals surface area contributed by atoms with Gasteiger partial charge in [0.15, 0.2) is 0 Å². The third-order valence-electron chi connectivity index (χ3n) is 6.81. The van der Waals surface area contributed by atoms with Crippen molar-refractivity contribution in [2.75, 3.05) is 13.1 Å². The molecule has 186 valence electrons. The number of hydrogen-bond acceptors (Lipinski definition) is 6. The summed E-state index contributed by atoms with van der Waals surface area (Å²) in [6, 6.07) is 10.6. The fraction of sp³-hybridized carbons (Fsp3) is 0.370. The predicted octanol–water partition coefficient (Wildman–Crippen LogP) is 2.37. The van der Waals surface area contributed by atoms with Crippen LogP contribution < -0.4 is 15.6 Å². The number of aromatic nitrogens is 3. The number of pyridine rings is 1. The van der Waals surface area contributed by atoms with Crippen LogP contribution in [0.4, 0.5) is 0 Å². The molecule has 9 nitrogen and oxygen atoms in total. The third kappa shape index (κ3) is 4.86. The number of aryl methyl sites for hydroxylation is 2. The van der Waals surface area contributed by atoms with E-state index in [2.05, 4.69) is 21.5 Å². The zero-order valence-corrected chi connectivity index (χ0v) is 20.3. The summed E-state index contributed by atoms with van der Waals surface area (Å²) in [6.45, 7) is 3.46. The molecule has 1 aliphatic heterocycles. The van der Waals surface area contributed by atoms with Crippen molar-refractivity contribution in [2.45, 2.75) is 51.8 Å². The SMILES string of the molecule is CCn1nc(C(=O)N2CC[C@H](Oc3cnccc3CNC(=O)c3cccc4c3CCC4)C2)ccc1=O. The highest BCUT2D eigenvalue weighted by molar-refractivity contribution is 5.96. The first-order valence-electron chi connectivity index (χ1n) is 12.4. The van der Waals surface area contributed by atoms with Crippen LogP contribution in [0.2, 0.25) is 0 Å². The molecule has 5 rings (SSSR count). The predicted molar refractivity (Wildman–Crippen MR) is 133 cm³/mol. The van der Waals surface area contributed by atoms with Gasteiger partial charge in [0, 0.05) is 49.4 Å². The second-order valence-electron chi connectivity index (χ2n) is 9.12. The van der Waals surface area contributed by atoms with E-state index in [9.17, 15) is 14.4 Å². The Morgan fingerprint density at radius 1 is 1.17 bits per heavy atom. The summed E-state index contributed by atoms with van der Waals surface area (Å²) >= 11 is 0. The Labute approximate surface area is 209 Å². The molecule has 1 aliphatic carbocycles. The van der Waals surface area contributed by atoms with Gasteiger partial charge in [0.05, 0.1) is 12.7 Å². The molecule has 0 unspecified atom stereocenters. The Morgan fingerprint density at radius 3 is 2.92 bits per heavy atom. The lowest BCUT2D eigenvalue weighted by Gasteiger charge is -2.18. The van der Waals surface area contributed by atoms with E-state index in [0.717, 1.165) is 36.0 Å². The van der Waals surface area contributed by atoms with Gasteiger partial charge in [-0.3, -0.25) is 19.4 Å². The molecule has 1 N–H and O–H groups in total. The van der Waals surface area contributed by atoms with Crippen LogP contribution in [0.15, 0.2) is 53.6 Å². The molecule has 1 aromatic carbocycles. The van der Waals surface area contributed by atoms with Crippen molar-refractivity contribution in [3.63, 3.8) is 0 Å². The summed E-state index contributed by atoms with van der Waals surface area (Å²) < 4.78 is 7.49. The van der Waals surface area contributed by atoms with E-state index in [1.807, 2.05) is 25.1 Å². The molecule has 2 aromatic heterocycles. The number of carbonyl (C=O) groups excluding carboxylic acids is 2. The number of benzene rings is 1. The number of hydrogen-bond donors (Lipinski definition) is 1. The smallest absolute Gasteiger partial charge is 0.274 e. The highest BCUT2D eigenvalue weighted by atomic mass is 16.5. The van der Waals surface area contributed by atoms with Gasteiger partial charge in [0.25, 0.3) is 17.4 Å². The van der Waals surface area contributed by atoms with Gasteiger partial charge >= 0.3 is 0 Å². The number of carbonyl (C=O) groups is 2. The Kier molecular flexibility index (Phi) is 6.79. The van der Waals surface area contributed by atoms with Gasteiger partial charge in [-0.2, -0.15) is 5.10 Å². The maximum Gasteiger partial charge on any atom is 0.274 e. The van der Waals surface area contributed by atoms with E-state index in [-0.39, 0.29) is 29.2 Å². The minimum atomic E-state index is -0.232. The normalized spacial score (nSPS) is 16.6. The Morgan fingerprint density at radius 2 is 2.06 bits per heavy atom. The van der Waals surface area contributed by atoms with Gasteiger partial charge in [-0.15, -0.1) is 0 Å². The van der Waals surface area contributed by atoms with Gasteiger partial charge in [-0.05, 0) is 55.5 Å². The Balaban J connectivity index is 1.22. The van der Waals surface area contributed by atoms with E-state index in [1.54, 1.807) is 17.3 Å². The maximum absolute atomic E-state index is 12.9. The monoisotopic (exact) mass is 487 g/mol. The van der Waals surface area contributed by atoms with E-state index in [4.69, 9.17) is 4.74 Å². The second kappa shape index (κ2) is 10.3. The molecule has 1 saturated heterocycles. The maximum atomic E-state index is 12.9. The molecule has 0 bridgehead atoms. The van der Waals surface area contributed by atoms with Crippen molar-refractivity contribution in [1.29, 1.82) is 0 Å². The summed E-state index contributed by atoms with van der Waals surface area (Å²) in [4.78, 5) is 43.5. The number of nitrogens with zero attached hydrogens (tertiary/aromatic N) is 4. The number of fused-ring (bicyclic) bond motifs is 1. The molecule has 3 heterocycles. The molecule has 0 spiro atoms. The van der Waals surface area contributed by atoms with Crippen LogP contribution in [-0.2, 0) is 25.9 Å². The number of likely N-dealkylation sites (tertiary alicyclic amines) is 1. The van der Waals surface area contributed by atoms with Crippen LogP contribution >= 0.6 is 0 Å². The minimum Gasteiger partial charge on any atom is -0.487 e. The van der Waals surface area contributed by atoms with Gasteiger partial charge in [-0.1, -0.05) is 12.1 Å². The van der Waals surface area contributed by atoms with Crippen molar-refractivity contribution >= 4 is 11.8 Å². The minimum absolute atomic E-state index is 0.0879. The number of rotatable bonds is 7. The molecular formula is C27H29N5O4. The first-order valence-corrected chi connectivity index (χ1v) is 12.4. The summed E-state index contributed by atoms with van der Waals surface area (Å²) in [6.07, 6.45) is 6.82. The first kappa shape index (κ1) is 23.7. The summed E-state index contributed by atoms with van der Waals surface area (Å²) in [5, 5.41) is 7.19. The van der Waals surface area contributed by atoms with Crippen molar-refractivity contribution < 1.29 is 14.3 Å². The number of ether oxygens (including phenoxy) is 1. The number of nitrogens with one attached hydrogen (secondary N) is 1. The van der Waals surface area contributed by atoms with Crippen molar-refractivity contribution in [3.8, 4) is 5.75 Å². The second-order valence-corrected chi connectivity index (χ2v) is 9.12. The first-order chi connectivity index (χ1) is 17.5. The topological polar surface area (TPSA) is 106 Å². The lowest BCUT2D eigenvalue weighted by Crippen LogP contribution is -2.33. The van der Waals surface area contributed by atoms with E-state index in [1.165, 1.54) is 22.4 Å². The lowest BCUT2D eigenvalue weighted by molar-refractivity contribution is 0.0763. The van der Waals surface area contributed by atoms with Crippen LogP contribution in [0, 0.1) is 0 Å². The summed E-state index contributed by atoms with van der Waals surface area (Å²) in [7, 11) is 0. The lowest BCUT2D eigenvalue weighted by atomic mass is 10.0. The molecule has 2 aliphatic rings. The van der Waals surface area contributed by atoms with E-state index in [0.29, 0.717) is 38.3 Å². The zero-order valence-electron chi connectivity index (χ0n) is 20.3. The fourth-order valence-electron chi connectivity index (χ4n) is 4.90. The Hall–Kier alpha value is -4.01. The van der Waals surface area contributed by atoms with Crippen LogP contribution in [-0.4, -0.2) is 50.7 Å². The summed E-state index contributed by atoms with van der Waals surface area (Å²) in [5.41, 5.74) is 4.00. The Bertz CT molecular complexity index is 1350. The van der Waals surface area contributed by atoms with Gasteiger partial charge < -0.3 is 15.0 Å².